The molecule has 0 saturated carbocycles. The molecule has 0 saturated heterocycles. The van der Waals surface area contributed by atoms with Crippen molar-refractivity contribution in [3.63, 3.8) is 0 Å². The van der Waals surface area contributed by atoms with Gasteiger partial charge in [0, 0.05) is 11.9 Å². The maximum Gasteiger partial charge on any atom is 0.256 e. The zero-order valence-electron chi connectivity index (χ0n) is 10.4. The first-order chi connectivity index (χ1) is 8.61. The van der Waals surface area contributed by atoms with Crippen LogP contribution in [-0.4, -0.2) is 26.4 Å². The Labute approximate surface area is 107 Å². The minimum Gasteiger partial charge on any atom is -0.244 e. The Kier molecular flexibility index (Phi) is 3.65. The fourth-order valence-electron chi connectivity index (χ4n) is 1.99. The van der Waals surface area contributed by atoms with Crippen LogP contribution in [0.1, 0.15) is 6.92 Å². The quantitative estimate of drug-likeness (QED) is 0.859. The molecule has 0 unspecified atom stereocenters. The van der Waals surface area contributed by atoms with Gasteiger partial charge in [-0.2, -0.15) is 0 Å². The minimum absolute atomic E-state index is 0.330. The van der Waals surface area contributed by atoms with Gasteiger partial charge < -0.3 is 0 Å². The van der Waals surface area contributed by atoms with Crippen LogP contribution in [0.15, 0.2) is 47.4 Å². The molecule has 0 fully saturated rings. The maximum atomic E-state index is 12.5. The molecular formula is C13H16N2O2S. The van der Waals surface area contributed by atoms with Crippen molar-refractivity contribution in [2.45, 2.75) is 11.8 Å². The normalized spacial score (nSPS) is 12.2. The summed E-state index contributed by atoms with van der Waals surface area (Å²) in [6.07, 6.45) is 0. The predicted octanol–water partition coefficient (Wildman–Crippen LogP) is 1.98. The van der Waals surface area contributed by atoms with Crippen molar-refractivity contribution in [3.05, 3.63) is 42.5 Å². The lowest BCUT2D eigenvalue weighted by Crippen LogP contribution is -2.40. The molecular weight excluding hydrogens is 248 g/mol. The van der Waals surface area contributed by atoms with Crippen LogP contribution >= 0.6 is 0 Å². The van der Waals surface area contributed by atoms with E-state index in [9.17, 15) is 8.42 Å². The van der Waals surface area contributed by atoms with Gasteiger partial charge in [0.1, 0.15) is 0 Å². The molecule has 2 aromatic rings. The lowest BCUT2D eigenvalue weighted by Gasteiger charge is -2.19. The molecule has 0 aromatic heterocycles. The lowest BCUT2D eigenvalue weighted by atomic mass is 10.1. The van der Waals surface area contributed by atoms with Crippen LogP contribution in [0, 0.1) is 0 Å². The summed E-state index contributed by atoms with van der Waals surface area (Å²) in [7, 11) is -1.90. The highest BCUT2D eigenvalue weighted by Crippen LogP contribution is 2.24. The third-order valence-electron chi connectivity index (χ3n) is 2.85. The van der Waals surface area contributed by atoms with Crippen LogP contribution in [0.2, 0.25) is 0 Å². The molecule has 96 valence electrons. The van der Waals surface area contributed by atoms with Crippen LogP contribution < -0.4 is 5.43 Å². The number of nitrogens with one attached hydrogen (secondary N) is 1. The van der Waals surface area contributed by atoms with Crippen molar-refractivity contribution in [2.75, 3.05) is 13.6 Å². The molecule has 2 aromatic carbocycles. The van der Waals surface area contributed by atoms with E-state index in [1.54, 1.807) is 26.1 Å². The molecule has 0 spiro atoms. The highest BCUT2D eigenvalue weighted by atomic mass is 32.2. The molecule has 2 rings (SSSR count). The third kappa shape index (κ3) is 2.12. The monoisotopic (exact) mass is 264 g/mol. The van der Waals surface area contributed by atoms with E-state index in [4.69, 9.17) is 0 Å². The molecule has 5 heteroatoms. The third-order valence-corrected chi connectivity index (χ3v) is 4.79. The number of hydrogen-bond donors (Lipinski definition) is 1. The van der Waals surface area contributed by atoms with Crippen molar-refractivity contribution in [2.24, 2.45) is 0 Å². The van der Waals surface area contributed by atoms with Crippen LogP contribution in [-0.2, 0) is 10.0 Å². The summed E-state index contributed by atoms with van der Waals surface area (Å²) in [6, 6.07) is 12.8. The smallest absolute Gasteiger partial charge is 0.244 e. The van der Waals surface area contributed by atoms with Crippen molar-refractivity contribution < 1.29 is 8.42 Å². The molecule has 0 amide bonds. The summed E-state index contributed by atoms with van der Waals surface area (Å²) in [5, 5.41) is 1.67. The second kappa shape index (κ2) is 5.06. The fourth-order valence-corrected chi connectivity index (χ4v) is 3.52. The molecule has 0 atom stereocenters. The van der Waals surface area contributed by atoms with Gasteiger partial charge in [0.2, 0.25) is 0 Å². The number of fused-ring (bicyclic) bond motifs is 1. The van der Waals surface area contributed by atoms with E-state index in [-0.39, 0.29) is 0 Å². The minimum atomic E-state index is -3.51. The number of rotatable bonds is 4. The number of hydrogen-bond acceptors (Lipinski definition) is 3. The van der Waals surface area contributed by atoms with E-state index >= 15 is 0 Å². The van der Waals surface area contributed by atoms with Gasteiger partial charge in [0.25, 0.3) is 10.0 Å². The zero-order chi connectivity index (χ0) is 13.2. The number of nitrogens with zero attached hydrogens (tertiary/aromatic N) is 1. The average Bonchev–Trinajstić information content (AvgIpc) is 2.39. The molecule has 0 aliphatic heterocycles. The standard InChI is InChI=1S/C13H16N2O2S/c1-3-15(14-2)18(16,17)13-10-6-8-11-7-4-5-9-12(11)13/h4-10,14H,3H2,1-2H3. The zero-order valence-corrected chi connectivity index (χ0v) is 11.2. The first-order valence-corrected chi connectivity index (χ1v) is 7.23. The second-order valence-electron chi connectivity index (χ2n) is 3.87. The topological polar surface area (TPSA) is 49.4 Å². The summed E-state index contributed by atoms with van der Waals surface area (Å²) in [6.45, 7) is 2.17. The van der Waals surface area contributed by atoms with Gasteiger partial charge in [0.05, 0.1) is 4.90 Å². The Morgan fingerprint density at radius 1 is 1.11 bits per heavy atom. The van der Waals surface area contributed by atoms with Gasteiger partial charge in [-0.1, -0.05) is 36.4 Å². The van der Waals surface area contributed by atoms with E-state index in [1.165, 1.54) is 4.41 Å². The molecule has 0 radical (unpaired) electrons. The van der Waals surface area contributed by atoms with Gasteiger partial charge in [-0.05, 0) is 25.4 Å². The van der Waals surface area contributed by atoms with Crippen molar-refractivity contribution >= 4 is 20.8 Å². The fraction of sp³-hybridized carbons (Fsp3) is 0.231. The van der Waals surface area contributed by atoms with Crippen LogP contribution in [0.5, 0.6) is 0 Å². The van der Waals surface area contributed by atoms with Gasteiger partial charge in [-0.25, -0.2) is 13.8 Å². The van der Waals surface area contributed by atoms with Crippen LogP contribution in [0.3, 0.4) is 0 Å². The number of benzene rings is 2. The molecule has 0 aliphatic rings. The van der Waals surface area contributed by atoms with E-state index in [0.29, 0.717) is 11.4 Å². The average molecular weight is 264 g/mol. The molecule has 0 bridgehead atoms. The van der Waals surface area contributed by atoms with E-state index in [1.807, 2.05) is 30.3 Å². The van der Waals surface area contributed by atoms with Crippen molar-refractivity contribution in [1.29, 1.82) is 0 Å². The molecule has 18 heavy (non-hydrogen) atoms. The Balaban J connectivity index is 2.68. The predicted molar refractivity (Wildman–Crippen MR) is 72.6 cm³/mol. The van der Waals surface area contributed by atoms with Gasteiger partial charge in [0.15, 0.2) is 0 Å². The Morgan fingerprint density at radius 3 is 2.44 bits per heavy atom. The molecule has 0 aliphatic carbocycles. The highest BCUT2D eigenvalue weighted by Gasteiger charge is 2.23. The largest absolute Gasteiger partial charge is 0.256 e. The summed E-state index contributed by atoms with van der Waals surface area (Å²) >= 11 is 0. The Morgan fingerprint density at radius 2 is 1.78 bits per heavy atom. The van der Waals surface area contributed by atoms with Gasteiger partial charge >= 0.3 is 0 Å². The lowest BCUT2D eigenvalue weighted by molar-refractivity contribution is 0.360. The first-order valence-electron chi connectivity index (χ1n) is 5.79. The summed E-state index contributed by atoms with van der Waals surface area (Å²) in [4.78, 5) is 0.330. The number of hydrazine groups is 1. The van der Waals surface area contributed by atoms with Crippen LogP contribution in [0.25, 0.3) is 10.8 Å². The summed E-state index contributed by atoms with van der Waals surface area (Å²) < 4.78 is 26.2. The maximum absolute atomic E-state index is 12.5. The van der Waals surface area contributed by atoms with Crippen molar-refractivity contribution in [1.82, 2.24) is 9.84 Å². The number of sulfonamides is 1. The molecule has 1 N–H and O–H groups in total. The van der Waals surface area contributed by atoms with Gasteiger partial charge in [-0.3, -0.25) is 0 Å². The highest BCUT2D eigenvalue weighted by molar-refractivity contribution is 7.89. The first kappa shape index (κ1) is 13.0. The Bertz CT molecular complexity index is 644. The summed E-state index contributed by atoms with van der Waals surface area (Å²) in [5.74, 6) is 0. The van der Waals surface area contributed by atoms with E-state index in [2.05, 4.69) is 5.43 Å². The van der Waals surface area contributed by atoms with Crippen LogP contribution in [0.4, 0.5) is 0 Å². The molecule has 4 nitrogen and oxygen atoms in total. The van der Waals surface area contributed by atoms with E-state index < -0.39 is 10.0 Å². The summed E-state index contributed by atoms with van der Waals surface area (Å²) in [5.41, 5.74) is 2.70. The van der Waals surface area contributed by atoms with Crippen molar-refractivity contribution in [3.8, 4) is 0 Å². The van der Waals surface area contributed by atoms with Gasteiger partial charge in [-0.15, -0.1) is 4.41 Å². The SMILES string of the molecule is CCN(NC)S(=O)(=O)c1cccc2ccccc12. The van der Waals surface area contributed by atoms with E-state index in [0.717, 1.165) is 10.8 Å². The second-order valence-corrected chi connectivity index (χ2v) is 5.70. The molecule has 0 heterocycles. The Hall–Kier alpha value is -1.43.